The zero-order valence-electron chi connectivity index (χ0n) is 11.5. The van der Waals surface area contributed by atoms with Crippen LogP contribution in [0, 0.1) is 5.82 Å². The molecule has 4 nitrogen and oxygen atoms in total. The van der Waals surface area contributed by atoms with E-state index in [4.69, 9.17) is 10.5 Å². The molecule has 1 amide bonds. The quantitative estimate of drug-likeness (QED) is 0.894. The number of rotatable bonds is 2. The summed E-state index contributed by atoms with van der Waals surface area (Å²) in [6.07, 6.45) is 1.26. The predicted octanol–water partition coefficient (Wildman–Crippen LogP) is 1.61. The highest BCUT2D eigenvalue weighted by atomic mass is 19.1. The second-order valence-electron chi connectivity index (χ2n) is 5.85. The summed E-state index contributed by atoms with van der Waals surface area (Å²) < 4.78 is 18.8. The van der Waals surface area contributed by atoms with Gasteiger partial charge in [-0.1, -0.05) is 12.1 Å². The number of morpholine rings is 1. The van der Waals surface area contributed by atoms with Gasteiger partial charge < -0.3 is 15.4 Å². The fourth-order valence-electron chi connectivity index (χ4n) is 2.64. The Bertz CT molecular complexity index is 513. The topological polar surface area (TPSA) is 55.6 Å². The molecule has 3 rings (SSSR count). The molecule has 0 bridgehead atoms. The van der Waals surface area contributed by atoms with E-state index in [2.05, 4.69) is 0 Å². The van der Waals surface area contributed by atoms with Crippen molar-refractivity contribution in [1.29, 1.82) is 0 Å². The summed E-state index contributed by atoms with van der Waals surface area (Å²) in [4.78, 5) is 14.1. The Hall–Kier alpha value is -1.46. The van der Waals surface area contributed by atoms with Crippen LogP contribution < -0.4 is 5.73 Å². The van der Waals surface area contributed by atoms with Crippen LogP contribution in [0.5, 0.6) is 0 Å². The summed E-state index contributed by atoms with van der Waals surface area (Å²) in [5.41, 5.74) is 6.23. The highest BCUT2D eigenvalue weighted by molar-refractivity contribution is 5.89. The maximum Gasteiger partial charge on any atom is 0.242 e. The third-order valence-corrected chi connectivity index (χ3v) is 4.00. The van der Waals surface area contributed by atoms with Crippen LogP contribution in [-0.4, -0.2) is 35.5 Å². The first-order valence-electron chi connectivity index (χ1n) is 6.97. The third kappa shape index (κ3) is 2.55. The summed E-state index contributed by atoms with van der Waals surface area (Å²) in [7, 11) is 0. The van der Waals surface area contributed by atoms with Crippen molar-refractivity contribution in [3.05, 3.63) is 35.6 Å². The second kappa shape index (κ2) is 4.82. The number of halogens is 1. The molecule has 0 spiro atoms. The maximum atomic E-state index is 13.0. The fourth-order valence-corrected chi connectivity index (χ4v) is 2.64. The number of nitrogens with two attached hydrogens (primary N) is 1. The van der Waals surface area contributed by atoms with E-state index in [-0.39, 0.29) is 23.9 Å². The van der Waals surface area contributed by atoms with E-state index in [1.807, 2.05) is 6.92 Å². The van der Waals surface area contributed by atoms with Crippen molar-refractivity contribution < 1.29 is 13.9 Å². The van der Waals surface area contributed by atoms with Crippen LogP contribution in [0.15, 0.2) is 24.3 Å². The lowest BCUT2D eigenvalue weighted by atomic mass is 10.1. The minimum atomic E-state index is -0.648. The van der Waals surface area contributed by atoms with Crippen molar-refractivity contribution in [2.24, 2.45) is 5.73 Å². The number of hydrogen-bond donors (Lipinski definition) is 1. The van der Waals surface area contributed by atoms with E-state index in [9.17, 15) is 9.18 Å². The van der Waals surface area contributed by atoms with Gasteiger partial charge in [-0.2, -0.15) is 0 Å². The SMILES string of the molecule is CC1CN(C(=O)C2(N)CC2)CC(c2ccc(F)cc2)O1. The Morgan fingerprint density at radius 3 is 2.60 bits per heavy atom. The van der Waals surface area contributed by atoms with Crippen LogP contribution in [0.2, 0.25) is 0 Å². The number of ether oxygens (including phenoxy) is 1. The molecule has 20 heavy (non-hydrogen) atoms. The molecular weight excluding hydrogens is 259 g/mol. The van der Waals surface area contributed by atoms with Gasteiger partial charge in [0, 0.05) is 6.54 Å². The zero-order chi connectivity index (χ0) is 14.3. The normalized spacial score (nSPS) is 28.2. The second-order valence-corrected chi connectivity index (χ2v) is 5.85. The van der Waals surface area contributed by atoms with Gasteiger partial charge in [0.15, 0.2) is 0 Å². The summed E-state index contributed by atoms with van der Waals surface area (Å²) in [6.45, 7) is 2.98. The Morgan fingerprint density at radius 2 is 2.00 bits per heavy atom. The number of carbonyl (C=O) groups excluding carboxylic acids is 1. The molecule has 2 atom stereocenters. The van der Waals surface area contributed by atoms with Gasteiger partial charge >= 0.3 is 0 Å². The van der Waals surface area contributed by atoms with Crippen LogP contribution in [0.4, 0.5) is 4.39 Å². The first-order chi connectivity index (χ1) is 9.48. The summed E-state index contributed by atoms with van der Waals surface area (Å²) in [6, 6.07) is 6.23. The zero-order valence-corrected chi connectivity index (χ0v) is 11.5. The van der Waals surface area contributed by atoms with Crippen LogP contribution in [0.25, 0.3) is 0 Å². The van der Waals surface area contributed by atoms with E-state index >= 15 is 0 Å². The highest BCUT2D eigenvalue weighted by Crippen LogP contribution is 2.36. The molecule has 1 aliphatic carbocycles. The van der Waals surface area contributed by atoms with E-state index in [1.165, 1.54) is 12.1 Å². The molecule has 1 aromatic carbocycles. The average molecular weight is 278 g/mol. The van der Waals surface area contributed by atoms with Gasteiger partial charge in [0.1, 0.15) is 11.9 Å². The lowest BCUT2D eigenvalue weighted by Crippen LogP contribution is -2.52. The lowest BCUT2D eigenvalue weighted by Gasteiger charge is -2.38. The number of amides is 1. The molecular formula is C15H19FN2O2. The molecule has 1 heterocycles. The number of nitrogens with zero attached hydrogens (tertiary/aromatic N) is 1. The van der Waals surface area contributed by atoms with Crippen molar-refractivity contribution in [3.63, 3.8) is 0 Å². The van der Waals surface area contributed by atoms with Gasteiger partial charge in [0.2, 0.25) is 5.91 Å². The number of carbonyl (C=O) groups is 1. The third-order valence-electron chi connectivity index (χ3n) is 4.00. The number of benzene rings is 1. The summed E-state index contributed by atoms with van der Waals surface area (Å²) in [5.74, 6) is -0.260. The average Bonchev–Trinajstić information content (AvgIpc) is 3.17. The Morgan fingerprint density at radius 1 is 1.35 bits per heavy atom. The summed E-state index contributed by atoms with van der Waals surface area (Å²) in [5, 5.41) is 0. The monoisotopic (exact) mass is 278 g/mol. The molecule has 5 heteroatoms. The van der Waals surface area contributed by atoms with Gasteiger partial charge in [-0.05, 0) is 37.5 Å². The molecule has 2 fully saturated rings. The van der Waals surface area contributed by atoms with E-state index in [1.54, 1.807) is 17.0 Å². The molecule has 2 N–H and O–H groups in total. The highest BCUT2D eigenvalue weighted by Gasteiger charge is 2.49. The Labute approximate surface area is 117 Å². The first kappa shape index (κ1) is 13.5. The standard InChI is InChI=1S/C15H19FN2O2/c1-10-8-18(14(19)15(17)6-7-15)9-13(20-10)11-2-4-12(16)5-3-11/h2-5,10,13H,6-9,17H2,1H3. The maximum absolute atomic E-state index is 13.0. The van der Waals surface area contributed by atoms with Crippen LogP contribution in [-0.2, 0) is 9.53 Å². The molecule has 2 aliphatic rings. The largest absolute Gasteiger partial charge is 0.367 e. The smallest absolute Gasteiger partial charge is 0.242 e. The predicted molar refractivity (Wildman–Crippen MR) is 72.4 cm³/mol. The van der Waals surface area contributed by atoms with Crippen molar-refractivity contribution >= 4 is 5.91 Å². The van der Waals surface area contributed by atoms with Gasteiger partial charge in [0.05, 0.1) is 18.2 Å². The van der Waals surface area contributed by atoms with E-state index in [0.29, 0.717) is 13.1 Å². The molecule has 1 saturated heterocycles. The molecule has 1 saturated carbocycles. The number of hydrogen-bond acceptors (Lipinski definition) is 3. The van der Waals surface area contributed by atoms with E-state index in [0.717, 1.165) is 18.4 Å². The summed E-state index contributed by atoms with van der Waals surface area (Å²) >= 11 is 0. The van der Waals surface area contributed by atoms with Gasteiger partial charge in [-0.3, -0.25) is 4.79 Å². The molecule has 1 aliphatic heterocycles. The molecule has 0 radical (unpaired) electrons. The van der Waals surface area contributed by atoms with Crippen LogP contribution in [0.1, 0.15) is 31.4 Å². The molecule has 1 aromatic rings. The van der Waals surface area contributed by atoms with Crippen molar-refractivity contribution in [3.8, 4) is 0 Å². The van der Waals surface area contributed by atoms with Crippen molar-refractivity contribution in [2.75, 3.05) is 13.1 Å². The minimum absolute atomic E-state index is 0.0137. The van der Waals surface area contributed by atoms with Crippen LogP contribution >= 0.6 is 0 Å². The molecule has 2 unspecified atom stereocenters. The van der Waals surface area contributed by atoms with Crippen molar-refractivity contribution in [1.82, 2.24) is 4.90 Å². The minimum Gasteiger partial charge on any atom is -0.367 e. The molecule has 0 aromatic heterocycles. The fraction of sp³-hybridized carbons (Fsp3) is 0.533. The van der Waals surface area contributed by atoms with Gasteiger partial charge in [-0.15, -0.1) is 0 Å². The lowest BCUT2D eigenvalue weighted by molar-refractivity contribution is -0.147. The Kier molecular flexibility index (Phi) is 3.26. The van der Waals surface area contributed by atoms with Gasteiger partial charge in [0.25, 0.3) is 0 Å². The van der Waals surface area contributed by atoms with Crippen LogP contribution in [0.3, 0.4) is 0 Å². The Balaban J connectivity index is 1.76. The van der Waals surface area contributed by atoms with Crippen molar-refractivity contribution in [2.45, 2.75) is 37.5 Å². The molecule has 108 valence electrons. The van der Waals surface area contributed by atoms with E-state index < -0.39 is 5.54 Å². The van der Waals surface area contributed by atoms with Gasteiger partial charge in [-0.25, -0.2) is 4.39 Å². The first-order valence-corrected chi connectivity index (χ1v) is 6.97.